The van der Waals surface area contributed by atoms with Gasteiger partial charge in [0.25, 0.3) is 0 Å². The van der Waals surface area contributed by atoms with Crippen molar-refractivity contribution in [2.24, 2.45) is 0 Å². The Hall–Kier alpha value is -1.89. The van der Waals surface area contributed by atoms with Gasteiger partial charge in [-0.2, -0.15) is 0 Å². The van der Waals surface area contributed by atoms with Gasteiger partial charge in [-0.3, -0.25) is 0 Å². The van der Waals surface area contributed by atoms with Gasteiger partial charge >= 0.3 is 12.1 Å². The molecule has 1 aliphatic rings. The van der Waals surface area contributed by atoms with Gasteiger partial charge in [0, 0.05) is 13.1 Å². The molecule has 1 aromatic heterocycles. The van der Waals surface area contributed by atoms with Crippen molar-refractivity contribution in [3.8, 4) is 0 Å². The van der Waals surface area contributed by atoms with Crippen LogP contribution in [0.5, 0.6) is 0 Å². The van der Waals surface area contributed by atoms with Crippen LogP contribution in [0.2, 0.25) is 0 Å². The lowest BCUT2D eigenvalue weighted by atomic mass is 10.1. The fourth-order valence-electron chi connectivity index (χ4n) is 1.77. The standard InChI is InChI=1S/C11H12N2O4S/c1-17-10(14)8-9(18-6-12-8)7-2-4-13(5-3-7)11(15)16/h2,6H,3-5H2,1H3,(H,15,16). The number of hydrogen-bond acceptors (Lipinski definition) is 5. The van der Waals surface area contributed by atoms with E-state index in [1.165, 1.54) is 23.3 Å². The quantitative estimate of drug-likeness (QED) is 0.826. The smallest absolute Gasteiger partial charge is 0.407 e. The molecule has 96 valence electrons. The summed E-state index contributed by atoms with van der Waals surface area (Å²) >= 11 is 1.36. The molecule has 1 aliphatic heterocycles. The van der Waals surface area contributed by atoms with Crippen LogP contribution >= 0.6 is 11.3 Å². The Balaban J connectivity index is 2.21. The molecule has 18 heavy (non-hydrogen) atoms. The van der Waals surface area contributed by atoms with Crippen LogP contribution in [0.15, 0.2) is 11.6 Å². The number of hydrogen-bond donors (Lipinski definition) is 1. The molecule has 6 nitrogen and oxygen atoms in total. The first-order chi connectivity index (χ1) is 8.63. The van der Waals surface area contributed by atoms with E-state index in [2.05, 4.69) is 9.72 Å². The first-order valence-corrected chi connectivity index (χ1v) is 6.20. The third-order valence-corrected chi connectivity index (χ3v) is 3.62. The number of carbonyl (C=O) groups is 2. The van der Waals surface area contributed by atoms with Crippen molar-refractivity contribution in [3.05, 3.63) is 22.2 Å². The fraction of sp³-hybridized carbons (Fsp3) is 0.364. The second kappa shape index (κ2) is 5.18. The zero-order chi connectivity index (χ0) is 13.1. The van der Waals surface area contributed by atoms with Crippen LogP contribution in [-0.2, 0) is 4.74 Å². The highest BCUT2D eigenvalue weighted by Crippen LogP contribution is 2.28. The number of rotatable bonds is 2. The zero-order valence-corrected chi connectivity index (χ0v) is 10.6. The van der Waals surface area contributed by atoms with E-state index in [0.717, 1.165) is 10.5 Å². The van der Waals surface area contributed by atoms with Gasteiger partial charge in [-0.1, -0.05) is 6.08 Å². The average molecular weight is 268 g/mol. The van der Waals surface area contributed by atoms with Crippen molar-refractivity contribution >= 4 is 29.0 Å². The minimum absolute atomic E-state index is 0.303. The number of nitrogens with zero attached hydrogens (tertiary/aromatic N) is 2. The monoisotopic (exact) mass is 268 g/mol. The predicted molar refractivity (Wildman–Crippen MR) is 65.6 cm³/mol. The van der Waals surface area contributed by atoms with Crippen LogP contribution in [0, 0.1) is 0 Å². The van der Waals surface area contributed by atoms with Crippen LogP contribution in [0.1, 0.15) is 21.8 Å². The third kappa shape index (κ3) is 2.35. The minimum Gasteiger partial charge on any atom is -0.465 e. The van der Waals surface area contributed by atoms with E-state index < -0.39 is 12.1 Å². The number of carboxylic acid groups (broad SMARTS) is 1. The molecule has 0 atom stereocenters. The van der Waals surface area contributed by atoms with Gasteiger partial charge in [0.05, 0.1) is 17.5 Å². The maximum Gasteiger partial charge on any atom is 0.407 e. The summed E-state index contributed by atoms with van der Waals surface area (Å²) in [4.78, 5) is 28.4. The molecule has 0 fully saturated rings. The lowest BCUT2D eigenvalue weighted by Crippen LogP contribution is -2.33. The zero-order valence-electron chi connectivity index (χ0n) is 9.75. The Morgan fingerprint density at radius 3 is 2.89 bits per heavy atom. The number of esters is 1. The molecule has 2 heterocycles. The highest BCUT2D eigenvalue weighted by atomic mass is 32.1. The highest BCUT2D eigenvalue weighted by molar-refractivity contribution is 7.11. The summed E-state index contributed by atoms with van der Waals surface area (Å²) in [7, 11) is 1.31. The van der Waals surface area contributed by atoms with Crippen LogP contribution < -0.4 is 0 Å². The Bertz CT molecular complexity index is 509. The van der Waals surface area contributed by atoms with E-state index in [9.17, 15) is 9.59 Å². The number of amides is 1. The number of thiazole rings is 1. The molecule has 0 unspecified atom stereocenters. The van der Waals surface area contributed by atoms with Gasteiger partial charge in [-0.25, -0.2) is 14.6 Å². The summed E-state index contributed by atoms with van der Waals surface area (Å²) in [5.74, 6) is -0.465. The molecule has 0 bridgehead atoms. The first-order valence-electron chi connectivity index (χ1n) is 5.32. The Kier molecular flexibility index (Phi) is 3.61. The first kappa shape index (κ1) is 12.6. The van der Waals surface area contributed by atoms with Crippen molar-refractivity contribution in [2.75, 3.05) is 20.2 Å². The summed E-state index contributed by atoms with van der Waals surface area (Å²) in [5.41, 5.74) is 2.85. The Morgan fingerprint density at radius 1 is 1.56 bits per heavy atom. The molecule has 0 saturated heterocycles. The van der Waals surface area contributed by atoms with E-state index in [0.29, 0.717) is 25.2 Å². The molecule has 2 rings (SSSR count). The largest absolute Gasteiger partial charge is 0.465 e. The summed E-state index contributed by atoms with van der Waals surface area (Å²) in [5, 5.41) is 8.85. The van der Waals surface area contributed by atoms with Gasteiger partial charge in [-0.05, 0) is 12.0 Å². The van der Waals surface area contributed by atoms with Crippen molar-refractivity contribution in [1.82, 2.24) is 9.88 Å². The van der Waals surface area contributed by atoms with Gasteiger partial charge in [0.2, 0.25) is 0 Å². The maximum atomic E-state index is 11.5. The second-order valence-electron chi connectivity index (χ2n) is 3.73. The van der Waals surface area contributed by atoms with Crippen LogP contribution in [-0.4, -0.2) is 47.3 Å². The summed E-state index contributed by atoms with van der Waals surface area (Å²) in [6.45, 7) is 0.767. The van der Waals surface area contributed by atoms with Gasteiger partial charge < -0.3 is 14.7 Å². The molecule has 1 amide bonds. The maximum absolute atomic E-state index is 11.5. The number of carbonyl (C=O) groups excluding carboxylic acids is 1. The van der Waals surface area contributed by atoms with Crippen molar-refractivity contribution in [1.29, 1.82) is 0 Å². The van der Waals surface area contributed by atoms with Crippen LogP contribution in [0.4, 0.5) is 4.79 Å². The van der Waals surface area contributed by atoms with Crippen molar-refractivity contribution in [3.63, 3.8) is 0 Å². The van der Waals surface area contributed by atoms with Crippen molar-refractivity contribution in [2.45, 2.75) is 6.42 Å². The minimum atomic E-state index is -0.928. The molecule has 0 aromatic carbocycles. The molecule has 7 heteroatoms. The van der Waals surface area contributed by atoms with Crippen LogP contribution in [0.25, 0.3) is 5.57 Å². The molecule has 0 radical (unpaired) electrons. The van der Waals surface area contributed by atoms with Gasteiger partial charge in [0.15, 0.2) is 5.69 Å². The molecular formula is C11H12N2O4S. The summed E-state index contributed by atoms with van der Waals surface area (Å²) in [6, 6.07) is 0. The van der Waals surface area contributed by atoms with Gasteiger partial charge in [0.1, 0.15) is 0 Å². The van der Waals surface area contributed by atoms with E-state index in [4.69, 9.17) is 5.11 Å². The van der Waals surface area contributed by atoms with E-state index >= 15 is 0 Å². The lowest BCUT2D eigenvalue weighted by molar-refractivity contribution is 0.0594. The van der Waals surface area contributed by atoms with E-state index in [1.54, 1.807) is 5.51 Å². The second-order valence-corrected chi connectivity index (χ2v) is 4.58. The molecule has 1 aromatic rings. The topological polar surface area (TPSA) is 79.7 Å². The lowest BCUT2D eigenvalue weighted by Gasteiger charge is -2.23. The van der Waals surface area contributed by atoms with Gasteiger partial charge in [-0.15, -0.1) is 11.3 Å². The number of aromatic nitrogens is 1. The summed E-state index contributed by atoms with van der Waals surface area (Å²) in [6.07, 6.45) is 1.47. The normalized spacial score (nSPS) is 15.2. The van der Waals surface area contributed by atoms with E-state index in [-0.39, 0.29) is 0 Å². The SMILES string of the molecule is COC(=O)c1ncsc1C1=CCN(C(=O)O)CC1. The van der Waals surface area contributed by atoms with Crippen LogP contribution in [0.3, 0.4) is 0 Å². The molecular weight excluding hydrogens is 256 g/mol. The van der Waals surface area contributed by atoms with Crippen molar-refractivity contribution < 1.29 is 19.4 Å². The third-order valence-electron chi connectivity index (χ3n) is 2.72. The average Bonchev–Trinajstić information content (AvgIpc) is 2.87. The highest BCUT2D eigenvalue weighted by Gasteiger charge is 2.22. The number of ether oxygens (including phenoxy) is 1. The Morgan fingerprint density at radius 2 is 2.33 bits per heavy atom. The fourth-order valence-corrected chi connectivity index (χ4v) is 2.61. The predicted octanol–water partition coefficient (Wildman–Crippen LogP) is 1.70. The summed E-state index contributed by atoms with van der Waals surface area (Å²) < 4.78 is 4.66. The molecule has 0 saturated carbocycles. The Labute approximate surface area is 108 Å². The molecule has 1 N–H and O–H groups in total. The molecule has 0 aliphatic carbocycles. The van der Waals surface area contributed by atoms with E-state index in [1.807, 2.05) is 6.08 Å². The number of methoxy groups -OCH3 is 1. The molecule has 0 spiro atoms.